The van der Waals surface area contributed by atoms with Crippen LogP contribution in [-0.4, -0.2) is 51.0 Å². The van der Waals surface area contributed by atoms with Crippen LogP contribution in [0.1, 0.15) is 43.4 Å². The lowest BCUT2D eigenvalue weighted by Gasteiger charge is -2.22. The second-order valence-electron chi connectivity index (χ2n) is 7.92. The van der Waals surface area contributed by atoms with Gasteiger partial charge in [0.2, 0.25) is 0 Å². The van der Waals surface area contributed by atoms with Crippen LogP contribution in [0.25, 0.3) is 0 Å². The molecule has 3 rings (SSSR count). The first-order valence-electron chi connectivity index (χ1n) is 11.9. The lowest BCUT2D eigenvalue weighted by atomic mass is 9.87. The van der Waals surface area contributed by atoms with Gasteiger partial charge in [-0.1, -0.05) is 23.7 Å². The summed E-state index contributed by atoms with van der Waals surface area (Å²) in [7, 11) is 0. The zero-order valence-corrected chi connectivity index (χ0v) is 21.3. The van der Waals surface area contributed by atoms with Gasteiger partial charge in [-0.25, -0.2) is 14.4 Å². The molecule has 0 saturated carbocycles. The van der Waals surface area contributed by atoms with Gasteiger partial charge in [0, 0.05) is 32.1 Å². The summed E-state index contributed by atoms with van der Waals surface area (Å²) in [5.41, 5.74) is 2.56. The quantitative estimate of drug-likeness (QED) is 0.437. The van der Waals surface area contributed by atoms with Crippen LogP contribution in [0.2, 0.25) is 5.02 Å². The Morgan fingerprint density at radius 1 is 0.917 bits per heavy atom. The molecule has 0 bridgehead atoms. The standard InChI is InChI=1S/C25H31ClN4O6/c1-4-28-23(31)34-16-9-7-15(8-10-16)19-14-27-12-11-17-18(19)13-20(35-24(32)29-5-2)22(21(17)26)36-25(33)30-6-3/h7-10,13,19,27H,4-6,11-12,14H2,1-3H3,(H,28,31)(H,29,32)(H,30,33)/t19-/m1/s1. The van der Waals surface area contributed by atoms with Crippen molar-refractivity contribution in [2.24, 2.45) is 0 Å². The fraction of sp³-hybridized carbons (Fsp3) is 0.400. The van der Waals surface area contributed by atoms with Crippen LogP contribution in [0.15, 0.2) is 30.3 Å². The molecule has 0 spiro atoms. The molecule has 0 aliphatic carbocycles. The number of nitrogens with one attached hydrogen (secondary N) is 4. The Labute approximate surface area is 215 Å². The van der Waals surface area contributed by atoms with E-state index in [2.05, 4.69) is 21.3 Å². The van der Waals surface area contributed by atoms with Gasteiger partial charge in [0.15, 0.2) is 11.5 Å². The minimum Gasteiger partial charge on any atom is -0.410 e. The summed E-state index contributed by atoms with van der Waals surface area (Å²) in [6, 6.07) is 8.87. The zero-order chi connectivity index (χ0) is 26.1. The van der Waals surface area contributed by atoms with E-state index in [1.807, 2.05) is 19.1 Å². The van der Waals surface area contributed by atoms with E-state index in [-0.39, 0.29) is 22.4 Å². The predicted octanol–water partition coefficient (Wildman–Crippen LogP) is 3.94. The third kappa shape index (κ3) is 6.79. The Balaban J connectivity index is 2.02. The van der Waals surface area contributed by atoms with E-state index in [0.29, 0.717) is 44.9 Å². The topological polar surface area (TPSA) is 127 Å². The largest absolute Gasteiger partial charge is 0.412 e. The highest BCUT2D eigenvalue weighted by atomic mass is 35.5. The van der Waals surface area contributed by atoms with Crippen LogP contribution in [0.4, 0.5) is 14.4 Å². The first kappa shape index (κ1) is 27.1. The van der Waals surface area contributed by atoms with Gasteiger partial charge in [-0.05, 0) is 68.6 Å². The van der Waals surface area contributed by atoms with Gasteiger partial charge >= 0.3 is 18.3 Å². The second-order valence-corrected chi connectivity index (χ2v) is 8.30. The Morgan fingerprint density at radius 3 is 2.11 bits per heavy atom. The summed E-state index contributed by atoms with van der Waals surface area (Å²) in [5.74, 6) is 0.280. The zero-order valence-electron chi connectivity index (χ0n) is 20.5. The lowest BCUT2D eigenvalue weighted by Crippen LogP contribution is -2.29. The number of rotatable bonds is 7. The number of carbonyl (C=O) groups excluding carboxylic acids is 3. The van der Waals surface area contributed by atoms with Crippen molar-refractivity contribution in [1.82, 2.24) is 21.3 Å². The van der Waals surface area contributed by atoms with Crippen molar-refractivity contribution in [3.8, 4) is 17.2 Å². The minimum atomic E-state index is -0.703. The van der Waals surface area contributed by atoms with Gasteiger partial charge in [-0.3, -0.25) is 0 Å². The summed E-state index contributed by atoms with van der Waals surface area (Å²) in [6.07, 6.45) is -1.34. The third-order valence-electron chi connectivity index (χ3n) is 5.45. The van der Waals surface area contributed by atoms with Gasteiger partial charge < -0.3 is 35.5 Å². The summed E-state index contributed by atoms with van der Waals surface area (Å²) in [6.45, 7) is 7.76. The molecular weight excluding hydrogens is 488 g/mol. The fourth-order valence-electron chi connectivity index (χ4n) is 3.88. The summed E-state index contributed by atoms with van der Waals surface area (Å²) in [4.78, 5) is 36.2. The normalized spacial score (nSPS) is 14.6. The van der Waals surface area contributed by atoms with Crippen molar-refractivity contribution in [1.29, 1.82) is 0 Å². The molecular formula is C25H31ClN4O6. The Hall–Kier alpha value is -3.50. The highest BCUT2D eigenvalue weighted by Gasteiger charge is 2.29. The number of halogens is 1. The molecule has 11 heteroatoms. The van der Waals surface area contributed by atoms with Crippen molar-refractivity contribution >= 4 is 29.9 Å². The van der Waals surface area contributed by atoms with Crippen LogP contribution in [0.5, 0.6) is 17.2 Å². The van der Waals surface area contributed by atoms with Crippen LogP contribution in [0, 0.1) is 0 Å². The summed E-state index contributed by atoms with van der Waals surface area (Å²) in [5, 5.41) is 11.3. The third-order valence-corrected chi connectivity index (χ3v) is 5.85. The molecule has 0 radical (unpaired) electrons. The second kappa shape index (κ2) is 13.0. The molecule has 3 amide bonds. The van der Waals surface area contributed by atoms with Gasteiger partial charge in [0.1, 0.15) is 5.75 Å². The van der Waals surface area contributed by atoms with E-state index in [0.717, 1.165) is 16.7 Å². The van der Waals surface area contributed by atoms with Crippen molar-refractivity contribution in [3.05, 3.63) is 52.0 Å². The van der Waals surface area contributed by atoms with E-state index in [1.54, 1.807) is 32.0 Å². The van der Waals surface area contributed by atoms with Gasteiger partial charge in [0.25, 0.3) is 0 Å². The predicted molar refractivity (Wildman–Crippen MR) is 135 cm³/mol. The minimum absolute atomic E-state index is 0.0149. The van der Waals surface area contributed by atoms with E-state index in [4.69, 9.17) is 25.8 Å². The van der Waals surface area contributed by atoms with Gasteiger partial charge in [-0.2, -0.15) is 0 Å². The summed E-state index contributed by atoms with van der Waals surface area (Å²) >= 11 is 6.77. The van der Waals surface area contributed by atoms with E-state index >= 15 is 0 Å². The van der Waals surface area contributed by atoms with E-state index in [9.17, 15) is 14.4 Å². The molecule has 0 fully saturated rings. The Kier molecular flexibility index (Phi) is 9.77. The maximum absolute atomic E-state index is 12.3. The van der Waals surface area contributed by atoms with Crippen molar-refractivity contribution in [3.63, 3.8) is 0 Å². The maximum atomic E-state index is 12.3. The number of carbonyl (C=O) groups is 3. The molecule has 0 unspecified atom stereocenters. The summed E-state index contributed by atoms with van der Waals surface area (Å²) < 4.78 is 16.2. The van der Waals surface area contributed by atoms with Crippen molar-refractivity contribution in [2.45, 2.75) is 33.1 Å². The van der Waals surface area contributed by atoms with E-state index < -0.39 is 18.3 Å². The average molecular weight is 519 g/mol. The fourth-order valence-corrected chi connectivity index (χ4v) is 4.21. The Bertz CT molecular complexity index is 1090. The molecule has 0 aromatic heterocycles. The van der Waals surface area contributed by atoms with Crippen molar-refractivity contribution in [2.75, 3.05) is 32.7 Å². The number of benzene rings is 2. The average Bonchev–Trinajstić information content (AvgIpc) is 3.05. The highest BCUT2D eigenvalue weighted by Crippen LogP contribution is 2.44. The molecule has 4 N–H and O–H groups in total. The first-order valence-corrected chi connectivity index (χ1v) is 12.3. The molecule has 2 aromatic rings. The Morgan fingerprint density at radius 2 is 1.50 bits per heavy atom. The molecule has 0 saturated heterocycles. The lowest BCUT2D eigenvalue weighted by molar-refractivity contribution is 0.190. The van der Waals surface area contributed by atoms with Crippen LogP contribution >= 0.6 is 11.6 Å². The first-order chi connectivity index (χ1) is 17.4. The number of amides is 3. The van der Waals surface area contributed by atoms with Crippen LogP contribution in [0.3, 0.4) is 0 Å². The van der Waals surface area contributed by atoms with Crippen LogP contribution in [-0.2, 0) is 6.42 Å². The number of hydrogen-bond donors (Lipinski definition) is 4. The van der Waals surface area contributed by atoms with Crippen LogP contribution < -0.4 is 35.5 Å². The molecule has 1 atom stereocenters. The smallest absolute Gasteiger partial charge is 0.410 e. The monoisotopic (exact) mass is 518 g/mol. The maximum Gasteiger partial charge on any atom is 0.412 e. The molecule has 1 aliphatic heterocycles. The SMILES string of the molecule is CCNC(=O)Oc1ccc([C@H]2CNCCc3c2cc(OC(=O)NCC)c(OC(=O)NCC)c3Cl)cc1. The van der Waals surface area contributed by atoms with E-state index in [1.165, 1.54) is 0 Å². The molecule has 10 nitrogen and oxygen atoms in total. The number of ether oxygens (including phenoxy) is 3. The molecule has 194 valence electrons. The van der Waals surface area contributed by atoms with Gasteiger partial charge in [0.05, 0.1) is 5.02 Å². The van der Waals surface area contributed by atoms with Gasteiger partial charge in [-0.15, -0.1) is 0 Å². The molecule has 2 aromatic carbocycles. The number of fused-ring (bicyclic) bond motifs is 1. The molecule has 1 aliphatic rings. The van der Waals surface area contributed by atoms with Crippen molar-refractivity contribution < 1.29 is 28.6 Å². The number of hydrogen-bond acceptors (Lipinski definition) is 7. The molecule has 36 heavy (non-hydrogen) atoms. The molecule has 1 heterocycles. The highest BCUT2D eigenvalue weighted by molar-refractivity contribution is 6.33.